The molecule has 0 aromatic carbocycles. The van der Waals surface area contributed by atoms with Crippen molar-refractivity contribution in [1.82, 2.24) is 15.0 Å². The minimum atomic E-state index is 0.479. The zero-order valence-electron chi connectivity index (χ0n) is 13.3. The number of pyridine rings is 1. The maximum atomic E-state index is 9.19. The van der Waals surface area contributed by atoms with Crippen LogP contribution in [0.25, 0.3) is 0 Å². The van der Waals surface area contributed by atoms with Gasteiger partial charge < -0.3 is 14.7 Å². The Morgan fingerprint density at radius 1 is 1.04 bits per heavy atom. The highest BCUT2D eigenvalue weighted by Gasteiger charge is 2.21. The zero-order valence-corrected chi connectivity index (χ0v) is 13.3. The van der Waals surface area contributed by atoms with Crippen LogP contribution in [0.4, 0.5) is 17.5 Å². The van der Waals surface area contributed by atoms with Gasteiger partial charge in [0.05, 0.1) is 5.69 Å². The Balaban J connectivity index is 1.71. The highest BCUT2D eigenvalue weighted by atomic mass is 15.3. The second kappa shape index (κ2) is 6.48. The van der Waals surface area contributed by atoms with Crippen LogP contribution in [0.1, 0.15) is 5.69 Å². The molecule has 0 spiro atoms. The molecule has 0 aliphatic carbocycles. The molecule has 3 rings (SSSR count). The number of nitriles is 1. The second-order valence-corrected chi connectivity index (χ2v) is 5.57. The van der Waals surface area contributed by atoms with Crippen molar-refractivity contribution in [3.63, 3.8) is 0 Å². The highest BCUT2D eigenvalue weighted by Crippen LogP contribution is 2.21. The number of hydrogen-bond donors (Lipinski definition) is 0. The predicted molar refractivity (Wildman–Crippen MR) is 89.7 cm³/mol. The molecule has 2 aromatic heterocycles. The monoisotopic (exact) mass is 309 g/mol. The lowest BCUT2D eigenvalue weighted by Gasteiger charge is -2.36. The maximum Gasteiger partial charge on any atom is 0.227 e. The van der Waals surface area contributed by atoms with E-state index in [-0.39, 0.29) is 0 Å². The first-order chi connectivity index (χ1) is 11.2. The normalized spacial score (nSPS) is 14.5. The van der Waals surface area contributed by atoms with Crippen LogP contribution in [0.2, 0.25) is 0 Å². The molecule has 0 saturated carbocycles. The van der Waals surface area contributed by atoms with Crippen molar-refractivity contribution in [2.45, 2.75) is 0 Å². The lowest BCUT2D eigenvalue weighted by molar-refractivity contribution is 0.638. The van der Waals surface area contributed by atoms with Crippen molar-refractivity contribution in [2.24, 2.45) is 0 Å². The van der Waals surface area contributed by atoms with Crippen molar-refractivity contribution < 1.29 is 0 Å². The molecule has 0 bridgehead atoms. The molecule has 7 heteroatoms. The lowest BCUT2D eigenvalue weighted by Crippen LogP contribution is -2.47. The molecular formula is C16H19N7. The Labute approximate surface area is 135 Å². The minimum absolute atomic E-state index is 0.479. The van der Waals surface area contributed by atoms with Crippen LogP contribution in [-0.2, 0) is 0 Å². The highest BCUT2D eigenvalue weighted by molar-refractivity contribution is 5.57. The number of aromatic nitrogens is 3. The molecule has 1 aliphatic rings. The number of piperazine rings is 1. The van der Waals surface area contributed by atoms with E-state index in [1.54, 1.807) is 12.4 Å². The molecule has 0 amide bonds. The van der Waals surface area contributed by atoms with E-state index >= 15 is 0 Å². The van der Waals surface area contributed by atoms with Gasteiger partial charge in [-0.2, -0.15) is 10.2 Å². The van der Waals surface area contributed by atoms with Crippen LogP contribution in [0, 0.1) is 11.3 Å². The standard InChI is InChI=1S/C16H19N7/c1-21(2)15-5-7-19-16(20-15)23-10-8-22(9-11-23)14-4-3-6-18-13(14)12-17/h3-7H,8-11H2,1-2H3. The molecule has 1 saturated heterocycles. The van der Waals surface area contributed by atoms with Gasteiger partial charge in [-0.15, -0.1) is 0 Å². The number of hydrogen-bond acceptors (Lipinski definition) is 7. The number of rotatable bonds is 3. The molecule has 0 N–H and O–H groups in total. The Kier molecular flexibility index (Phi) is 4.24. The first-order valence-electron chi connectivity index (χ1n) is 7.54. The summed E-state index contributed by atoms with van der Waals surface area (Å²) in [4.78, 5) is 19.4. The van der Waals surface area contributed by atoms with Gasteiger partial charge in [0.2, 0.25) is 5.95 Å². The maximum absolute atomic E-state index is 9.19. The smallest absolute Gasteiger partial charge is 0.227 e. The van der Waals surface area contributed by atoms with Crippen LogP contribution in [0.15, 0.2) is 30.6 Å². The third kappa shape index (κ3) is 3.16. The van der Waals surface area contributed by atoms with Gasteiger partial charge in [-0.1, -0.05) is 0 Å². The first-order valence-corrected chi connectivity index (χ1v) is 7.54. The van der Waals surface area contributed by atoms with E-state index in [0.29, 0.717) is 5.69 Å². The van der Waals surface area contributed by atoms with Gasteiger partial charge >= 0.3 is 0 Å². The Morgan fingerprint density at radius 3 is 2.48 bits per heavy atom. The van der Waals surface area contributed by atoms with Crippen molar-refractivity contribution in [1.29, 1.82) is 5.26 Å². The van der Waals surface area contributed by atoms with E-state index in [0.717, 1.165) is 43.6 Å². The lowest BCUT2D eigenvalue weighted by atomic mass is 10.2. The van der Waals surface area contributed by atoms with Gasteiger partial charge in [-0.05, 0) is 18.2 Å². The van der Waals surface area contributed by atoms with Crippen LogP contribution in [0.3, 0.4) is 0 Å². The largest absolute Gasteiger partial charge is 0.366 e. The summed E-state index contributed by atoms with van der Waals surface area (Å²) in [5.74, 6) is 1.65. The average Bonchev–Trinajstić information content (AvgIpc) is 2.62. The van der Waals surface area contributed by atoms with Gasteiger partial charge in [-0.25, -0.2) is 9.97 Å². The molecule has 0 radical (unpaired) electrons. The molecule has 2 aromatic rings. The van der Waals surface area contributed by atoms with E-state index in [4.69, 9.17) is 0 Å². The molecule has 118 valence electrons. The van der Waals surface area contributed by atoms with Crippen LogP contribution in [-0.4, -0.2) is 55.2 Å². The summed E-state index contributed by atoms with van der Waals surface area (Å²) in [6.07, 6.45) is 3.44. The molecule has 1 fully saturated rings. The summed E-state index contributed by atoms with van der Waals surface area (Å²) >= 11 is 0. The van der Waals surface area contributed by atoms with Crippen molar-refractivity contribution in [2.75, 3.05) is 55.0 Å². The van der Waals surface area contributed by atoms with E-state index in [2.05, 4.69) is 30.8 Å². The van der Waals surface area contributed by atoms with Gasteiger partial charge in [0.25, 0.3) is 0 Å². The predicted octanol–water partition coefficient (Wildman–Crippen LogP) is 1.14. The van der Waals surface area contributed by atoms with Gasteiger partial charge in [0.15, 0.2) is 5.69 Å². The van der Waals surface area contributed by atoms with E-state index in [9.17, 15) is 5.26 Å². The SMILES string of the molecule is CN(C)c1ccnc(N2CCN(c3cccnc3C#N)CC2)n1. The van der Waals surface area contributed by atoms with Gasteiger partial charge in [-0.3, -0.25) is 0 Å². The average molecular weight is 309 g/mol. The third-order valence-corrected chi connectivity index (χ3v) is 3.88. The summed E-state index contributed by atoms with van der Waals surface area (Å²) in [5, 5.41) is 9.19. The fourth-order valence-corrected chi connectivity index (χ4v) is 2.63. The first kappa shape index (κ1) is 15.0. The summed E-state index contributed by atoms with van der Waals surface area (Å²) in [6, 6.07) is 7.87. The fourth-order valence-electron chi connectivity index (χ4n) is 2.63. The summed E-state index contributed by atoms with van der Waals surface area (Å²) in [6.45, 7) is 3.26. The molecule has 23 heavy (non-hydrogen) atoms. The van der Waals surface area contributed by atoms with Crippen LogP contribution < -0.4 is 14.7 Å². The Hall–Kier alpha value is -2.88. The molecule has 0 atom stereocenters. The van der Waals surface area contributed by atoms with Crippen molar-refractivity contribution in [3.8, 4) is 6.07 Å². The van der Waals surface area contributed by atoms with E-state index < -0.39 is 0 Å². The fraction of sp³-hybridized carbons (Fsp3) is 0.375. The summed E-state index contributed by atoms with van der Waals surface area (Å²) < 4.78 is 0. The zero-order chi connectivity index (χ0) is 16.2. The molecule has 0 unspecified atom stereocenters. The van der Waals surface area contributed by atoms with Gasteiger partial charge in [0.1, 0.15) is 11.9 Å². The number of anilines is 3. The summed E-state index contributed by atoms with van der Waals surface area (Å²) in [5.41, 5.74) is 1.38. The van der Waals surface area contributed by atoms with Gasteiger partial charge in [0, 0.05) is 52.7 Å². The van der Waals surface area contributed by atoms with Crippen LogP contribution in [0.5, 0.6) is 0 Å². The molecule has 7 nitrogen and oxygen atoms in total. The summed E-state index contributed by atoms with van der Waals surface area (Å²) in [7, 11) is 3.94. The topological polar surface area (TPSA) is 72.2 Å². The van der Waals surface area contributed by atoms with E-state index in [1.165, 1.54) is 0 Å². The molecule has 1 aliphatic heterocycles. The minimum Gasteiger partial charge on any atom is -0.366 e. The van der Waals surface area contributed by atoms with Crippen molar-refractivity contribution in [3.05, 3.63) is 36.3 Å². The van der Waals surface area contributed by atoms with Crippen LogP contribution >= 0.6 is 0 Å². The quantitative estimate of drug-likeness (QED) is 0.841. The third-order valence-electron chi connectivity index (χ3n) is 3.88. The molecule has 3 heterocycles. The van der Waals surface area contributed by atoms with E-state index in [1.807, 2.05) is 37.2 Å². The Bertz CT molecular complexity index is 714. The number of nitrogens with zero attached hydrogens (tertiary/aromatic N) is 7. The molecular weight excluding hydrogens is 290 g/mol. The second-order valence-electron chi connectivity index (χ2n) is 5.57. The Morgan fingerprint density at radius 2 is 1.78 bits per heavy atom. The van der Waals surface area contributed by atoms with Crippen molar-refractivity contribution >= 4 is 17.5 Å².